The third kappa shape index (κ3) is 4.09. The van der Waals surface area contributed by atoms with E-state index >= 15 is 0 Å². The van der Waals surface area contributed by atoms with Crippen LogP contribution in [-0.2, 0) is 29.1 Å². The molecule has 0 aliphatic rings. The number of fused-ring (bicyclic) bond motifs is 1. The smallest absolute Gasteiger partial charge is 0.311 e. The number of halogens is 1. The number of aryl methyl sites for hydroxylation is 3. The van der Waals surface area contributed by atoms with Crippen LogP contribution in [0.3, 0.4) is 0 Å². The summed E-state index contributed by atoms with van der Waals surface area (Å²) in [6.45, 7) is 6.65. The highest BCUT2D eigenvalue weighted by atomic mass is 32.1. The van der Waals surface area contributed by atoms with Crippen molar-refractivity contribution in [3.63, 3.8) is 0 Å². The van der Waals surface area contributed by atoms with E-state index in [0.29, 0.717) is 0 Å². The minimum atomic E-state index is -0.318. The first kappa shape index (κ1) is 20.2. The van der Waals surface area contributed by atoms with Crippen molar-refractivity contribution in [3.05, 3.63) is 63.9 Å². The number of thiazole rings is 1. The number of ether oxygens (including phenoxy) is 1. The molecule has 4 rings (SSSR count). The number of benzene rings is 2. The molecule has 2 heterocycles. The largest absolute Gasteiger partial charge is 0.461 e. The molecule has 154 valence electrons. The van der Waals surface area contributed by atoms with Crippen LogP contribution in [0.15, 0.2) is 36.4 Å². The molecule has 0 N–H and O–H groups in total. The number of hydrogen-bond acceptors (Lipinski definition) is 6. The average molecular weight is 425 g/mol. The van der Waals surface area contributed by atoms with Gasteiger partial charge >= 0.3 is 5.97 Å². The van der Waals surface area contributed by atoms with Crippen molar-refractivity contribution in [2.75, 3.05) is 0 Å². The zero-order valence-electron chi connectivity index (χ0n) is 17.0. The molecule has 0 fully saturated rings. The van der Waals surface area contributed by atoms with Gasteiger partial charge in [-0.3, -0.25) is 4.79 Å². The second-order valence-electron chi connectivity index (χ2n) is 7.05. The minimum Gasteiger partial charge on any atom is -0.461 e. The van der Waals surface area contributed by atoms with E-state index in [1.807, 2.05) is 43.7 Å². The lowest BCUT2D eigenvalue weighted by Gasteiger charge is -2.05. The minimum absolute atomic E-state index is 0.151. The molecule has 0 spiro atoms. The van der Waals surface area contributed by atoms with E-state index < -0.39 is 0 Å². The van der Waals surface area contributed by atoms with Gasteiger partial charge in [-0.1, -0.05) is 11.3 Å². The highest BCUT2D eigenvalue weighted by molar-refractivity contribution is 7.15. The Hall–Kier alpha value is -3.13. The summed E-state index contributed by atoms with van der Waals surface area (Å²) in [6.07, 6.45) is 0.151. The molecule has 6 nitrogen and oxygen atoms in total. The maximum atomic E-state index is 13.4. The standard InChI is InChI=1S/C22H21FN4O2S/c1-4-27-19-8-5-15(10-18(19)25-26-27)12-29-21(28)11-20-14(3)24-22(30-20)17-7-6-16(23)9-13(17)2/h5-10H,4,11-12H2,1-3H3. The second-order valence-corrected chi connectivity index (χ2v) is 8.14. The quantitative estimate of drug-likeness (QED) is 0.423. The van der Waals surface area contributed by atoms with Crippen LogP contribution in [0.5, 0.6) is 0 Å². The van der Waals surface area contributed by atoms with E-state index in [4.69, 9.17) is 4.74 Å². The molecule has 4 aromatic rings. The van der Waals surface area contributed by atoms with Gasteiger partial charge in [0.1, 0.15) is 22.9 Å². The molecular formula is C22H21FN4O2S. The number of rotatable bonds is 6. The number of nitrogens with zero attached hydrogens (tertiary/aromatic N) is 4. The predicted octanol–water partition coefficient (Wildman–Crippen LogP) is 4.62. The van der Waals surface area contributed by atoms with Crippen LogP contribution in [0, 0.1) is 19.7 Å². The van der Waals surface area contributed by atoms with Crippen molar-refractivity contribution < 1.29 is 13.9 Å². The van der Waals surface area contributed by atoms with E-state index in [1.54, 1.807) is 6.07 Å². The molecule has 30 heavy (non-hydrogen) atoms. The maximum absolute atomic E-state index is 13.4. The normalized spacial score (nSPS) is 11.2. The number of carbonyl (C=O) groups excluding carboxylic acids is 1. The fraction of sp³-hybridized carbons (Fsp3) is 0.273. The van der Waals surface area contributed by atoms with Gasteiger partial charge in [0.15, 0.2) is 0 Å². The summed E-state index contributed by atoms with van der Waals surface area (Å²) in [7, 11) is 0. The molecule has 0 saturated heterocycles. The molecule has 0 amide bonds. The van der Waals surface area contributed by atoms with Gasteiger partial charge in [-0.2, -0.15) is 0 Å². The van der Waals surface area contributed by atoms with Gasteiger partial charge in [-0.05, 0) is 62.2 Å². The molecule has 0 saturated carbocycles. The first-order valence-electron chi connectivity index (χ1n) is 9.65. The van der Waals surface area contributed by atoms with Gasteiger partial charge in [0.2, 0.25) is 0 Å². The Kier molecular flexibility index (Phi) is 5.59. The summed E-state index contributed by atoms with van der Waals surface area (Å²) in [5.74, 6) is -0.592. The van der Waals surface area contributed by atoms with Crippen molar-refractivity contribution in [1.82, 2.24) is 20.0 Å². The molecule has 0 atom stereocenters. The van der Waals surface area contributed by atoms with Gasteiger partial charge in [-0.25, -0.2) is 14.1 Å². The van der Waals surface area contributed by atoms with Crippen LogP contribution in [0.25, 0.3) is 21.6 Å². The molecular weight excluding hydrogens is 403 g/mol. The highest BCUT2D eigenvalue weighted by Crippen LogP contribution is 2.31. The van der Waals surface area contributed by atoms with E-state index in [1.165, 1.54) is 23.5 Å². The van der Waals surface area contributed by atoms with Crippen molar-refractivity contribution in [2.45, 2.75) is 40.3 Å². The van der Waals surface area contributed by atoms with Gasteiger partial charge in [0, 0.05) is 17.0 Å². The van der Waals surface area contributed by atoms with Gasteiger partial charge in [0.05, 0.1) is 17.6 Å². The first-order chi connectivity index (χ1) is 14.4. The number of carbonyl (C=O) groups is 1. The number of aromatic nitrogens is 4. The summed E-state index contributed by atoms with van der Waals surface area (Å²) < 4.78 is 20.6. The summed E-state index contributed by atoms with van der Waals surface area (Å²) >= 11 is 1.43. The first-order valence-corrected chi connectivity index (χ1v) is 10.5. The zero-order valence-corrected chi connectivity index (χ0v) is 17.8. The summed E-state index contributed by atoms with van der Waals surface area (Å²) in [4.78, 5) is 17.8. The lowest BCUT2D eigenvalue weighted by atomic mass is 10.1. The Morgan fingerprint density at radius 2 is 2.03 bits per heavy atom. The predicted molar refractivity (Wildman–Crippen MR) is 114 cm³/mol. The van der Waals surface area contributed by atoms with Gasteiger partial charge in [0.25, 0.3) is 0 Å². The number of hydrogen-bond donors (Lipinski definition) is 0. The van der Waals surface area contributed by atoms with E-state index in [9.17, 15) is 9.18 Å². The third-order valence-electron chi connectivity index (χ3n) is 4.89. The molecule has 0 aliphatic heterocycles. The summed E-state index contributed by atoms with van der Waals surface area (Å²) in [5.41, 5.74) is 5.07. The Morgan fingerprint density at radius 1 is 1.20 bits per heavy atom. The Morgan fingerprint density at radius 3 is 2.80 bits per heavy atom. The summed E-state index contributed by atoms with van der Waals surface area (Å²) in [5, 5.41) is 9.00. The molecule has 0 aliphatic carbocycles. The molecule has 8 heteroatoms. The Balaban J connectivity index is 1.42. The highest BCUT2D eigenvalue weighted by Gasteiger charge is 2.16. The van der Waals surface area contributed by atoms with Crippen LogP contribution >= 0.6 is 11.3 Å². The van der Waals surface area contributed by atoms with Crippen molar-refractivity contribution in [2.24, 2.45) is 0 Å². The third-order valence-corrected chi connectivity index (χ3v) is 6.08. The monoisotopic (exact) mass is 424 g/mol. The second kappa shape index (κ2) is 8.31. The SMILES string of the molecule is CCn1nnc2cc(COC(=O)Cc3sc(-c4ccc(F)cc4C)nc3C)ccc21. The van der Waals surface area contributed by atoms with Crippen LogP contribution in [0.2, 0.25) is 0 Å². The molecule has 2 aromatic heterocycles. The van der Waals surface area contributed by atoms with E-state index in [-0.39, 0.29) is 24.8 Å². The summed E-state index contributed by atoms with van der Waals surface area (Å²) in [6, 6.07) is 10.4. The van der Waals surface area contributed by atoms with Crippen LogP contribution in [0.4, 0.5) is 4.39 Å². The van der Waals surface area contributed by atoms with Gasteiger partial charge in [-0.15, -0.1) is 16.4 Å². The topological polar surface area (TPSA) is 69.9 Å². The lowest BCUT2D eigenvalue weighted by molar-refractivity contribution is -0.144. The Bertz CT molecular complexity index is 1230. The van der Waals surface area contributed by atoms with Crippen molar-refractivity contribution in [3.8, 4) is 10.6 Å². The van der Waals surface area contributed by atoms with Crippen molar-refractivity contribution >= 4 is 28.3 Å². The van der Waals surface area contributed by atoms with Crippen LogP contribution < -0.4 is 0 Å². The van der Waals surface area contributed by atoms with E-state index in [0.717, 1.165) is 49.8 Å². The fourth-order valence-electron chi connectivity index (χ4n) is 3.26. The van der Waals surface area contributed by atoms with Gasteiger partial charge < -0.3 is 4.74 Å². The molecule has 0 radical (unpaired) electrons. The lowest BCUT2D eigenvalue weighted by Crippen LogP contribution is -2.07. The molecule has 0 unspecified atom stereocenters. The fourth-order valence-corrected chi connectivity index (χ4v) is 4.40. The van der Waals surface area contributed by atoms with Crippen molar-refractivity contribution in [1.29, 1.82) is 0 Å². The molecule has 2 aromatic carbocycles. The zero-order chi connectivity index (χ0) is 21.3. The van der Waals surface area contributed by atoms with Crippen LogP contribution in [-0.4, -0.2) is 25.9 Å². The van der Waals surface area contributed by atoms with Crippen LogP contribution in [0.1, 0.15) is 28.6 Å². The Labute approximate surface area is 177 Å². The molecule has 0 bridgehead atoms. The average Bonchev–Trinajstić information content (AvgIpc) is 3.29. The van der Waals surface area contributed by atoms with E-state index in [2.05, 4.69) is 15.3 Å². The number of esters is 1. The maximum Gasteiger partial charge on any atom is 0.311 e.